The van der Waals surface area contributed by atoms with Crippen molar-refractivity contribution in [3.05, 3.63) is 34.8 Å². The topological polar surface area (TPSA) is 15.6 Å². The Kier molecular flexibility index (Phi) is 1.95. The Hall–Kier alpha value is -0.730. The smallest absolute Gasteiger partial charge is 0.211 e. The van der Waals surface area contributed by atoms with Crippen LogP contribution in [0.1, 0.15) is 0 Å². The average Bonchev–Trinajstić information content (AvgIpc) is 2.07. The van der Waals surface area contributed by atoms with Gasteiger partial charge >= 0.3 is 0 Å². The molecule has 1 atom stereocenters. The minimum atomic E-state index is -0.499. The van der Waals surface area contributed by atoms with Crippen molar-refractivity contribution in [2.24, 2.45) is 4.99 Å². The highest BCUT2D eigenvalue weighted by Gasteiger charge is 2.10. The van der Waals surface area contributed by atoms with Crippen molar-refractivity contribution >= 4 is 29.6 Å². The lowest BCUT2D eigenvalue weighted by atomic mass is 10.3. The van der Waals surface area contributed by atoms with Gasteiger partial charge in [0.2, 0.25) is 5.62 Å². The molecule has 0 fully saturated rings. The van der Waals surface area contributed by atoms with E-state index in [4.69, 9.17) is 23.4 Å². The van der Waals surface area contributed by atoms with E-state index < -0.39 is 5.62 Å². The van der Waals surface area contributed by atoms with Crippen molar-refractivity contribution in [2.45, 2.75) is 5.62 Å². The van der Waals surface area contributed by atoms with Gasteiger partial charge in [0.15, 0.2) is 0 Å². The summed E-state index contributed by atoms with van der Waals surface area (Å²) >= 11 is 11.5. The van der Waals surface area contributed by atoms with Crippen LogP contribution in [0.3, 0.4) is 0 Å². The summed E-state index contributed by atoms with van der Waals surface area (Å²) in [5.41, 5.74) is -0.499. The van der Waals surface area contributed by atoms with E-state index >= 15 is 0 Å². The highest BCUT2D eigenvalue weighted by molar-refractivity contribution is 6.26. The summed E-state index contributed by atoms with van der Waals surface area (Å²) in [5.74, 6) is 0. The van der Waals surface area contributed by atoms with E-state index in [0.717, 1.165) is 10.6 Å². The quantitative estimate of drug-likeness (QED) is 0.348. The number of fused-ring (bicyclic) bond motifs is 1. The monoisotopic (exact) mass is 200 g/mol. The maximum Gasteiger partial charge on any atom is 0.211 e. The summed E-state index contributed by atoms with van der Waals surface area (Å²) in [4.78, 5) is 4.15. The third-order valence-electron chi connectivity index (χ3n) is 1.65. The lowest BCUT2D eigenvalue weighted by Crippen LogP contribution is -2.35. The predicted molar refractivity (Wildman–Crippen MR) is 49.0 cm³/mol. The average molecular weight is 201 g/mol. The first kappa shape index (κ1) is 7.90. The van der Waals surface area contributed by atoms with Crippen molar-refractivity contribution in [3.63, 3.8) is 0 Å². The third-order valence-corrected chi connectivity index (χ3v) is 2.34. The molecule has 62 valence electrons. The van der Waals surface area contributed by atoms with Crippen molar-refractivity contribution in [1.29, 1.82) is 0 Å². The van der Waals surface area contributed by atoms with E-state index in [1.54, 1.807) is 6.20 Å². The second kappa shape index (κ2) is 2.96. The summed E-state index contributed by atoms with van der Waals surface area (Å²) in [7, 11) is 0. The summed E-state index contributed by atoms with van der Waals surface area (Å²) in [5, 5.41) is 1.87. The Labute approximate surface area is 79.8 Å². The Morgan fingerprint density at radius 3 is 2.92 bits per heavy atom. The molecule has 12 heavy (non-hydrogen) atoms. The van der Waals surface area contributed by atoms with Crippen LogP contribution in [0.15, 0.2) is 29.3 Å². The van der Waals surface area contributed by atoms with Crippen LogP contribution in [-0.2, 0) is 0 Å². The molecular formula is C8H6Cl2N2. The van der Waals surface area contributed by atoms with E-state index in [0.29, 0.717) is 0 Å². The summed E-state index contributed by atoms with van der Waals surface area (Å²) < 4.78 is 1.35. The maximum atomic E-state index is 5.79. The highest BCUT2D eigenvalue weighted by atomic mass is 35.5. The van der Waals surface area contributed by atoms with Crippen LogP contribution in [0, 0.1) is 0 Å². The van der Waals surface area contributed by atoms with Crippen molar-refractivity contribution < 1.29 is 0 Å². The molecule has 2 nitrogen and oxygen atoms in total. The zero-order chi connectivity index (χ0) is 8.55. The van der Waals surface area contributed by atoms with E-state index in [-0.39, 0.29) is 0 Å². The largest absolute Gasteiger partial charge is 0.254 e. The van der Waals surface area contributed by atoms with Gasteiger partial charge in [-0.15, -0.1) is 0 Å². The standard InChI is InChI=1S/C8H6Cl2N2/c9-8-11-7-4-2-1-3-6(7)5-12(8)10/h1-5,8H. The molecule has 0 saturated heterocycles. The molecule has 4 heteroatoms. The molecule has 0 radical (unpaired) electrons. The van der Waals surface area contributed by atoms with Gasteiger partial charge in [-0.3, -0.25) is 4.42 Å². The normalized spacial score (nSPS) is 20.8. The second-order valence-corrected chi connectivity index (χ2v) is 3.25. The molecule has 0 bridgehead atoms. The van der Waals surface area contributed by atoms with E-state index in [1.165, 1.54) is 4.42 Å². The number of hydrogen-bond donors (Lipinski definition) is 0. The van der Waals surface area contributed by atoms with Crippen LogP contribution in [0.4, 0.5) is 0 Å². The molecule has 0 spiro atoms. The van der Waals surface area contributed by atoms with Crippen LogP contribution in [0.2, 0.25) is 0 Å². The van der Waals surface area contributed by atoms with Gasteiger partial charge in [-0.05, 0) is 6.07 Å². The molecule has 1 aliphatic heterocycles. The molecule has 1 heterocycles. The van der Waals surface area contributed by atoms with Crippen molar-refractivity contribution in [1.82, 2.24) is 4.42 Å². The van der Waals surface area contributed by atoms with Crippen LogP contribution in [-0.4, -0.2) is 10.0 Å². The van der Waals surface area contributed by atoms with Gasteiger partial charge in [-0.1, -0.05) is 29.8 Å². The minimum absolute atomic E-state index is 0.499. The van der Waals surface area contributed by atoms with Gasteiger partial charge in [-0.25, -0.2) is 4.99 Å². The fraction of sp³-hybridized carbons (Fsp3) is 0.125. The van der Waals surface area contributed by atoms with Gasteiger partial charge in [0.25, 0.3) is 0 Å². The number of hydrogen-bond acceptors (Lipinski definition) is 2. The van der Waals surface area contributed by atoms with E-state index in [1.807, 2.05) is 24.3 Å². The first-order valence-corrected chi connectivity index (χ1v) is 4.28. The predicted octanol–water partition coefficient (Wildman–Crippen LogP) is 1.04. The molecule has 0 N–H and O–H groups in total. The molecule has 1 aromatic carbocycles. The molecule has 0 aliphatic carbocycles. The zero-order valence-electron chi connectivity index (χ0n) is 6.11. The molecule has 2 rings (SSSR count). The number of benzene rings is 1. The van der Waals surface area contributed by atoms with Crippen LogP contribution >= 0.6 is 23.4 Å². The van der Waals surface area contributed by atoms with Crippen LogP contribution < -0.4 is 10.6 Å². The molecule has 1 aromatic rings. The Morgan fingerprint density at radius 1 is 1.33 bits per heavy atom. The van der Waals surface area contributed by atoms with Gasteiger partial charge in [0, 0.05) is 23.2 Å². The lowest BCUT2D eigenvalue weighted by Gasteiger charge is -2.16. The lowest BCUT2D eigenvalue weighted by molar-refractivity contribution is 0.584. The summed E-state index contributed by atoms with van der Waals surface area (Å²) in [6, 6.07) is 7.70. The van der Waals surface area contributed by atoms with Gasteiger partial charge in [-0.2, -0.15) is 0 Å². The van der Waals surface area contributed by atoms with Gasteiger partial charge in [0.05, 0.1) is 5.36 Å². The molecular weight excluding hydrogens is 195 g/mol. The fourth-order valence-corrected chi connectivity index (χ4v) is 1.39. The van der Waals surface area contributed by atoms with E-state index in [9.17, 15) is 0 Å². The number of nitrogens with zero attached hydrogens (tertiary/aromatic N) is 2. The first-order chi connectivity index (χ1) is 5.77. The Morgan fingerprint density at radius 2 is 2.08 bits per heavy atom. The third kappa shape index (κ3) is 1.28. The molecule has 1 unspecified atom stereocenters. The summed E-state index contributed by atoms with van der Waals surface area (Å²) in [6.07, 6.45) is 1.77. The molecule has 0 aromatic heterocycles. The second-order valence-electron chi connectivity index (χ2n) is 2.47. The molecule has 0 saturated carbocycles. The Bertz CT molecular complexity index is 363. The number of rotatable bonds is 0. The molecule has 0 amide bonds. The van der Waals surface area contributed by atoms with Crippen LogP contribution in [0.5, 0.6) is 0 Å². The molecule has 1 aliphatic rings. The zero-order valence-corrected chi connectivity index (χ0v) is 7.63. The Balaban J connectivity index is 2.70. The van der Waals surface area contributed by atoms with Gasteiger partial charge < -0.3 is 0 Å². The highest BCUT2D eigenvalue weighted by Crippen LogP contribution is 2.10. The van der Waals surface area contributed by atoms with Crippen LogP contribution in [0.25, 0.3) is 6.20 Å². The maximum absolute atomic E-state index is 5.79. The fourth-order valence-electron chi connectivity index (χ4n) is 1.08. The first-order valence-electron chi connectivity index (χ1n) is 3.50. The van der Waals surface area contributed by atoms with Gasteiger partial charge in [0.1, 0.15) is 0 Å². The van der Waals surface area contributed by atoms with E-state index in [2.05, 4.69) is 4.99 Å². The number of para-hydroxylation sites is 1. The number of alkyl halides is 1. The van der Waals surface area contributed by atoms with Crippen molar-refractivity contribution in [3.8, 4) is 0 Å². The SMILES string of the molecule is ClC1N=c2ccccc2=CN1Cl. The van der Waals surface area contributed by atoms with Crippen molar-refractivity contribution in [2.75, 3.05) is 0 Å². The number of halogens is 2. The minimum Gasteiger partial charge on any atom is -0.254 e. The summed E-state index contributed by atoms with van der Waals surface area (Å²) in [6.45, 7) is 0.